The highest BCUT2D eigenvalue weighted by Crippen LogP contribution is 2.37. The van der Waals surface area contributed by atoms with Crippen molar-refractivity contribution >= 4 is 39.0 Å². The van der Waals surface area contributed by atoms with E-state index in [2.05, 4.69) is 32.7 Å². The highest BCUT2D eigenvalue weighted by molar-refractivity contribution is 7.17. The Labute approximate surface area is 173 Å². The first-order valence-electron chi connectivity index (χ1n) is 8.93. The molecule has 28 heavy (non-hydrogen) atoms. The second-order valence-electron chi connectivity index (χ2n) is 6.76. The highest BCUT2D eigenvalue weighted by atomic mass is 35.5. The van der Waals surface area contributed by atoms with Crippen molar-refractivity contribution in [1.29, 1.82) is 0 Å². The fourth-order valence-electron chi connectivity index (χ4n) is 2.99. The van der Waals surface area contributed by atoms with E-state index in [1.807, 2.05) is 38.4 Å². The quantitative estimate of drug-likeness (QED) is 0.450. The van der Waals surface area contributed by atoms with Crippen LogP contribution >= 0.6 is 22.9 Å². The molecule has 0 unspecified atom stereocenters. The van der Waals surface area contributed by atoms with Crippen molar-refractivity contribution in [3.05, 3.63) is 70.6 Å². The molecule has 0 radical (unpaired) electrons. The van der Waals surface area contributed by atoms with Crippen molar-refractivity contribution in [2.24, 2.45) is 0 Å². The molecule has 0 fully saturated rings. The Morgan fingerprint density at radius 3 is 2.61 bits per heavy atom. The SMILES string of the molecule is CN(C)Cc1nc(NCc2ccc(Cl)nc2)c2c(-c3ccccc3)csc2n1. The molecule has 0 saturated carbocycles. The van der Waals surface area contributed by atoms with Crippen LogP contribution in [0.5, 0.6) is 0 Å². The summed E-state index contributed by atoms with van der Waals surface area (Å²) in [7, 11) is 4.04. The molecule has 0 aliphatic carbocycles. The van der Waals surface area contributed by atoms with Crippen LogP contribution in [0.3, 0.4) is 0 Å². The van der Waals surface area contributed by atoms with E-state index < -0.39 is 0 Å². The van der Waals surface area contributed by atoms with Crippen LogP contribution in [0.25, 0.3) is 21.3 Å². The van der Waals surface area contributed by atoms with E-state index in [1.165, 1.54) is 0 Å². The first-order chi connectivity index (χ1) is 13.6. The number of nitrogens with zero attached hydrogens (tertiary/aromatic N) is 4. The summed E-state index contributed by atoms with van der Waals surface area (Å²) in [5, 5.41) is 7.19. The van der Waals surface area contributed by atoms with Crippen molar-refractivity contribution < 1.29 is 0 Å². The number of pyridine rings is 1. The average molecular weight is 410 g/mol. The number of nitrogens with one attached hydrogen (secondary N) is 1. The summed E-state index contributed by atoms with van der Waals surface area (Å²) < 4.78 is 0. The van der Waals surface area contributed by atoms with Gasteiger partial charge in [-0.3, -0.25) is 0 Å². The van der Waals surface area contributed by atoms with Gasteiger partial charge in [-0.05, 0) is 31.3 Å². The zero-order valence-electron chi connectivity index (χ0n) is 15.7. The van der Waals surface area contributed by atoms with Gasteiger partial charge in [0.05, 0.1) is 11.9 Å². The minimum absolute atomic E-state index is 0.491. The Bertz CT molecular complexity index is 1080. The molecule has 0 saturated heterocycles. The number of thiophene rings is 1. The summed E-state index contributed by atoms with van der Waals surface area (Å²) >= 11 is 7.54. The molecule has 0 amide bonds. The third-order valence-corrected chi connectivity index (χ3v) is 5.37. The molecular weight excluding hydrogens is 390 g/mol. The molecule has 0 aliphatic rings. The van der Waals surface area contributed by atoms with Gasteiger partial charge >= 0.3 is 0 Å². The molecule has 0 aliphatic heterocycles. The van der Waals surface area contributed by atoms with Crippen molar-refractivity contribution in [3.8, 4) is 11.1 Å². The van der Waals surface area contributed by atoms with Gasteiger partial charge in [0, 0.05) is 23.7 Å². The number of fused-ring (bicyclic) bond motifs is 1. The van der Waals surface area contributed by atoms with E-state index in [0.29, 0.717) is 18.2 Å². The fraction of sp³-hybridized carbons (Fsp3) is 0.190. The normalized spacial score (nSPS) is 11.3. The molecule has 4 aromatic rings. The molecule has 0 atom stereocenters. The van der Waals surface area contributed by atoms with Gasteiger partial charge in [0.15, 0.2) is 0 Å². The van der Waals surface area contributed by atoms with Crippen molar-refractivity contribution in [1.82, 2.24) is 19.9 Å². The molecule has 1 N–H and O–H groups in total. The zero-order chi connectivity index (χ0) is 19.5. The predicted octanol–water partition coefficient (Wildman–Crippen LogP) is 5.08. The minimum Gasteiger partial charge on any atom is -0.365 e. The van der Waals surface area contributed by atoms with E-state index in [4.69, 9.17) is 21.6 Å². The lowest BCUT2D eigenvalue weighted by molar-refractivity contribution is 0.391. The number of aromatic nitrogens is 3. The van der Waals surface area contributed by atoms with Crippen LogP contribution in [0.15, 0.2) is 54.0 Å². The lowest BCUT2D eigenvalue weighted by Crippen LogP contribution is -2.14. The van der Waals surface area contributed by atoms with E-state index in [-0.39, 0.29) is 0 Å². The van der Waals surface area contributed by atoms with Crippen LogP contribution in [0.1, 0.15) is 11.4 Å². The van der Waals surface area contributed by atoms with E-state index >= 15 is 0 Å². The fourth-order valence-corrected chi connectivity index (χ4v) is 4.07. The first-order valence-corrected chi connectivity index (χ1v) is 10.2. The monoisotopic (exact) mass is 409 g/mol. The third-order valence-electron chi connectivity index (χ3n) is 4.27. The van der Waals surface area contributed by atoms with Gasteiger partial charge in [-0.2, -0.15) is 0 Å². The lowest BCUT2D eigenvalue weighted by atomic mass is 10.1. The third kappa shape index (κ3) is 4.14. The summed E-state index contributed by atoms with van der Waals surface area (Å²) in [6.07, 6.45) is 1.78. The van der Waals surface area contributed by atoms with Gasteiger partial charge in [-0.15, -0.1) is 11.3 Å². The Morgan fingerprint density at radius 1 is 1.07 bits per heavy atom. The maximum absolute atomic E-state index is 5.89. The molecule has 3 heterocycles. The maximum Gasteiger partial charge on any atom is 0.146 e. The number of halogens is 1. The predicted molar refractivity (Wildman–Crippen MR) is 117 cm³/mol. The number of anilines is 1. The van der Waals surface area contributed by atoms with Gasteiger partial charge in [-0.1, -0.05) is 48.0 Å². The minimum atomic E-state index is 0.491. The number of hydrogen-bond donors (Lipinski definition) is 1. The van der Waals surface area contributed by atoms with Gasteiger partial charge in [0.2, 0.25) is 0 Å². The van der Waals surface area contributed by atoms with Gasteiger partial charge in [0.25, 0.3) is 0 Å². The van der Waals surface area contributed by atoms with Crippen LogP contribution in [0, 0.1) is 0 Å². The molecule has 0 spiro atoms. The molecule has 4 rings (SSSR count). The largest absolute Gasteiger partial charge is 0.365 e. The summed E-state index contributed by atoms with van der Waals surface area (Å²) in [6.45, 7) is 1.30. The molecule has 3 aromatic heterocycles. The molecule has 1 aromatic carbocycles. The first kappa shape index (κ1) is 18.8. The van der Waals surface area contributed by atoms with Gasteiger partial charge in [-0.25, -0.2) is 15.0 Å². The Kier molecular flexibility index (Phi) is 5.52. The van der Waals surface area contributed by atoms with E-state index in [1.54, 1.807) is 23.6 Å². The van der Waals surface area contributed by atoms with Crippen LogP contribution in [0.2, 0.25) is 5.15 Å². The molecule has 0 bridgehead atoms. The molecule has 142 valence electrons. The van der Waals surface area contributed by atoms with Crippen LogP contribution in [0.4, 0.5) is 5.82 Å². The molecule has 7 heteroatoms. The topological polar surface area (TPSA) is 53.9 Å². The number of hydrogen-bond acceptors (Lipinski definition) is 6. The molecule has 5 nitrogen and oxygen atoms in total. The Balaban J connectivity index is 1.76. The summed E-state index contributed by atoms with van der Waals surface area (Å²) in [4.78, 5) is 16.8. The number of benzene rings is 1. The smallest absolute Gasteiger partial charge is 0.146 e. The summed E-state index contributed by atoms with van der Waals surface area (Å²) in [5.41, 5.74) is 3.35. The second kappa shape index (κ2) is 8.22. The van der Waals surface area contributed by atoms with Crippen LogP contribution in [-0.2, 0) is 13.1 Å². The highest BCUT2D eigenvalue weighted by Gasteiger charge is 2.15. The van der Waals surface area contributed by atoms with Crippen molar-refractivity contribution in [2.75, 3.05) is 19.4 Å². The van der Waals surface area contributed by atoms with Crippen LogP contribution in [-0.4, -0.2) is 33.9 Å². The Morgan fingerprint density at radius 2 is 1.89 bits per heavy atom. The summed E-state index contributed by atoms with van der Waals surface area (Å²) in [6, 6.07) is 14.1. The average Bonchev–Trinajstić information content (AvgIpc) is 3.11. The van der Waals surface area contributed by atoms with Crippen molar-refractivity contribution in [3.63, 3.8) is 0 Å². The second-order valence-corrected chi connectivity index (χ2v) is 8.01. The van der Waals surface area contributed by atoms with Gasteiger partial charge < -0.3 is 10.2 Å². The molecular formula is C21H20ClN5S. The lowest BCUT2D eigenvalue weighted by Gasteiger charge is -2.13. The zero-order valence-corrected chi connectivity index (χ0v) is 17.3. The Hall–Kier alpha value is -2.54. The standard InChI is InChI=1S/C21H20ClN5S/c1-27(2)12-18-25-20(24-11-14-8-9-17(22)23-10-14)19-16(13-28-21(19)26-18)15-6-4-3-5-7-15/h3-10,13H,11-12H2,1-2H3,(H,24,25,26). The van der Waals surface area contributed by atoms with E-state index in [9.17, 15) is 0 Å². The van der Waals surface area contributed by atoms with E-state index in [0.717, 1.165) is 38.5 Å². The van der Waals surface area contributed by atoms with Gasteiger partial charge in [0.1, 0.15) is 21.6 Å². The summed E-state index contributed by atoms with van der Waals surface area (Å²) in [5.74, 6) is 1.65. The van der Waals surface area contributed by atoms with Crippen LogP contribution < -0.4 is 5.32 Å². The number of rotatable bonds is 6. The van der Waals surface area contributed by atoms with Crippen molar-refractivity contribution in [2.45, 2.75) is 13.1 Å². The maximum atomic E-state index is 5.89.